The SMILES string of the molecule is COC(=O)c1c(N=C=S)sc2c1CCCCCC2. The summed E-state index contributed by atoms with van der Waals surface area (Å²) in [5.41, 5.74) is 1.73. The van der Waals surface area contributed by atoms with Crippen molar-refractivity contribution < 1.29 is 9.53 Å². The lowest BCUT2D eigenvalue weighted by molar-refractivity contribution is 0.0601. The van der Waals surface area contributed by atoms with Crippen LogP contribution in [0.25, 0.3) is 0 Å². The van der Waals surface area contributed by atoms with Gasteiger partial charge in [-0.05, 0) is 43.5 Å². The van der Waals surface area contributed by atoms with Gasteiger partial charge in [-0.2, -0.15) is 4.99 Å². The summed E-state index contributed by atoms with van der Waals surface area (Å²) in [4.78, 5) is 17.2. The maximum absolute atomic E-state index is 11.9. The first-order valence-corrected chi connectivity index (χ1v) is 7.31. The van der Waals surface area contributed by atoms with E-state index in [4.69, 9.17) is 4.74 Å². The Bertz CT molecular complexity index is 501. The lowest BCUT2D eigenvalue weighted by Crippen LogP contribution is -2.06. The highest BCUT2D eigenvalue weighted by molar-refractivity contribution is 7.78. The molecule has 0 spiro atoms. The van der Waals surface area contributed by atoms with Crippen molar-refractivity contribution in [3.05, 3.63) is 16.0 Å². The first-order chi connectivity index (χ1) is 8.77. The number of hydrogen-bond donors (Lipinski definition) is 0. The number of isothiocyanates is 1. The second-order valence-electron chi connectivity index (χ2n) is 4.29. The molecule has 0 unspecified atom stereocenters. The van der Waals surface area contributed by atoms with Crippen molar-refractivity contribution in [2.24, 2.45) is 4.99 Å². The Hall–Kier alpha value is -1.03. The fourth-order valence-electron chi connectivity index (χ4n) is 2.34. The van der Waals surface area contributed by atoms with Crippen LogP contribution in [0.5, 0.6) is 0 Å². The lowest BCUT2D eigenvalue weighted by atomic mass is 9.96. The van der Waals surface area contributed by atoms with E-state index in [1.54, 1.807) is 11.3 Å². The number of carbonyl (C=O) groups excluding carboxylic acids is 1. The molecule has 0 aliphatic heterocycles. The molecule has 1 aromatic heterocycles. The van der Waals surface area contributed by atoms with E-state index in [1.165, 1.54) is 31.2 Å². The normalized spacial score (nSPS) is 14.9. The second kappa shape index (κ2) is 6.23. The van der Waals surface area contributed by atoms with Crippen molar-refractivity contribution in [1.82, 2.24) is 0 Å². The number of nitrogens with zero attached hydrogens (tertiary/aromatic N) is 1. The Morgan fingerprint density at radius 1 is 1.33 bits per heavy atom. The summed E-state index contributed by atoms with van der Waals surface area (Å²) >= 11 is 6.20. The number of thiophene rings is 1. The van der Waals surface area contributed by atoms with E-state index in [1.807, 2.05) is 0 Å². The fourth-order valence-corrected chi connectivity index (χ4v) is 3.69. The number of methoxy groups -OCH3 is 1. The molecule has 3 nitrogen and oxygen atoms in total. The molecule has 1 aromatic rings. The van der Waals surface area contributed by atoms with Crippen molar-refractivity contribution in [2.75, 3.05) is 7.11 Å². The molecule has 18 heavy (non-hydrogen) atoms. The number of rotatable bonds is 2. The van der Waals surface area contributed by atoms with Gasteiger partial charge in [0.15, 0.2) is 0 Å². The number of ether oxygens (including phenoxy) is 1. The first kappa shape index (κ1) is 13.4. The molecule has 1 heterocycles. The van der Waals surface area contributed by atoms with E-state index in [2.05, 4.69) is 22.4 Å². The summed E-state index contributed by atoms with van der Waals surface area (Å²) < 4.78 is 4.87. The Labute approximate surface area is 116 Å². The minimum Gasteiger partial charge on any atom is -0.465 e. The minimum absolute atomic E-state index is 0.308. The van der Waals surface area contributed by atoms with Gasteiger partial charge in [0.1, 0.15) is 10.6 Å². The average Bonchev–Trinajstić information content (AvgIpc) is 2.66. The van der Waals surface area contributed by atoms with Crippen LogP contribution in [0, 0.1) is 0 Å². The van der Waals surface area contributed by atoms with Crippen LogP contribution in [-0.4, -0.2) is 18.2 Å². The van der Waals surface area contributed by atoms with E-state index in [-0.39, 0.29) is 5.97 Å². The van der Waals surface area contributed by atoms with E-state index in [0.29, 0.717) is 10.6 Å². The standard InChI is InChI=1S/C13H15NO2S2/c1-16-13(15)11-9-6-4-2-3-5-7-10(9)18-12(11)14-8-17/h2-7H2,1H3. The number of hydrogen-bond acceptors (Lipinski definition) is 5. The van der Waals surface area contributed by atoms with Gasteiger partial charge >= 0.3 is 5.97 Å². The zero-order chi connectivity index (χ0) is 13.0. The van der Waals surface area contributed by atoms with Gasteiger partial charge in [0.2, 0.25) is 0 Å². The van der Waals surface area contributed by atoms with Gasteiger partial charge < -0.3 is 4.74 Å². The van der Waals surface area contributed by atoms with E-state index >= 15 is 0 Å². The Kier molecular flexibility index (Phi) is 4.64. The summed E-state index contributed by atoms with van der Waals surface area (Å²) in [6, 6.07) is 0. The summed E-state index contributed by atoms with van der Waals surface area (Å²) in [7, 11) is 1.40. The Morgan fingerprint density at radius 2 is 2.06 bits per heavy atom. The van der Waals surface area contributed by atoms with Crippen LogP contribution in [0.15, 0.2) is 4.99 Å². The van der Waals surface area contributed by atoms with Crippen LogP contribution in [-0.2, 0) is 17.6 Å². The minimum atomic E-state index is -0.308. The van der Waals surface area contributed by atoms with Crippen LogP contribution >= 0.6 is 23.6 Å². The highest BCUT2D eigenvalue weighted by atomic mass is 32.1. The molecule has 0 fully saturated rings. The van der Waals surface area contributed by atoms with Gasteiger partial charge in [-0.25, -0.2) is 4.79 Å². The summed E-state index contributed by atoms with van der Waals surface area (Å²) in [5.74, 6) is -0.308. The average molecular weight is 281 g/mol. The summed E-state index contributed by atoms with van der Waals surface area (Å²) in [5, 5.41) is 3.01. The molecule has 96 valence electrons. The van der Waals surface area contributed by atoms with Crippen LogP contribution < -0.4 is 0 Å². The van der Waals surface area contributed by atoms with Crippen LogP contribution in [0.4, 0.5) is 5.00 Å². The first-order valence-electron chi connectivity index (χ1n) is 6.08. The molecule has 0 saturated heterocycles. The van der Waals surface area contributed by atoms with E-state index in [9.17, 15) is 4.79 Å². The number of fused-ring (bicyclic) bond motifs is 1. The molecule has 0 saturated carbocycles. The third-order valence-corrected chi connectivity index (χ3v) is 4.47. The maximum atomic E-state index is 11.9. The predicted molar refractivity (Wildman–Crippen MR) is 76.2 cm³/mol. The van der Waals surface area contributed by atoms with Gasteiger partial charge in [-0.15, -0.1) is 11.3 Å². The van der Waals surface area contributed by atoms with Gasteiger partial charge in [-0.3, -0.25) is 0 Å². The van der Waals surface area contributed by atoms with Crippen molar-refractivity contribution in [1.29, 1.82) is 0 Å². The van der Waals surface area contributed by atoms with E-state index in [0.717, 1.165) is 24.8 Å². The smallest absolute Gasteiger partial charge is 0.341 e. The fraction of sp³-hybridized carbons (Fsp3) is 0.538. The molecule has 0 amide bonds. The number of aliphatic imine (C=N–C) groups is 1. The molecule has 1 aliphatic carbocycles. The quantitative estimate of drug-likeness (QED) is 0.468. The van der Waals surface area contributed by atoms with Gasteiger partial charge in [-0.1, -0.05) is 12.8 Å². The highest BCUT2D eigenvalue weighted by Crippen LogP contribution is 2.38. The van der Waals surface area contributed by atoms with Crippen LogP contribution in [0.3, 0.4) is 0 Å². The monoisotopic (exact) mass is 281 g/mol. The molecular weight excluding hydrogens is 266 g/mol. The molecule has 0 atom stereocenters. The van der Waals surface area contributed by atoms with Crippen LogP contribution in [0.2, 0.25) is 0 Å². The Balaban J connectivity index is 2.51. The number of thiocarbonyl (C=S) groups is 1. The molecule has 2 rings (SSSR count). The third kappa shape index (κ3) is 2.69. The zero-order valence-corrected chi connectivity index (χ0v) is 12.0. The van der Waals surface area contributed by atoms with Crippen molar-refractivity contribution in [2.45, 2.75) is 38.5 Å². The highest BCUT2D eigenvalue weighted by Gasteiger charge is 2.24. The third-order valence-electron chi connectivity index (χ3n) is 3.19. The van der Waals surface area contributed by atoms with Gasteiger partial charge in [0, 0.05) is 4.88 Å². The van der Waals surface area contributed by atoms with E-state index < -0.39 is 0 Å². The summed E-state index contributed by atoms with van der Waals surface area (Å²) in [6.45, 7) is 0. The number of esters is 1. The second-order valence-corrected chi connectivity index (χ2v) is 5.56. The van der Waals surface area contributed by atoms with Crippen molar-refractivity contribution in [3.63, 3.8) is 0 Å². The Morgan fingerprint density at radius 3 is 2.72 bits per heavy atom. The van der Waals surface area contributed by atoms with Gasteiger partial charge in [0.25, 0.3) is 0 Å². The molecule has 1 aliphatic rings. The van der Waals surface area contributed by atoms with Crippen molar-refractivity contribution in [3.8, 4) is 0 Å². The number of carbonyl (C=O) groups is 1. The molecule has 0 bridgehead atoms. The molecule has 0 aromatic carbocycles. The zero-order valence-electron chi connectivity index (χ0n) is 10.3. The largest absolute Gasteiger partial charge is 0.465 e. The maximum Gasteiger partial charge on any atom is 0.341 e. The molecule has 0 radical (unpaired) electrons. The number of aryl methyl sites for hydroxylation is 1. The topological polar surface area (TPSA) is 38.7 Å². The van der Waals surface area contributed by atoms with Crippen molar-refractivity contribution >= 4 is 39.7 Å². The lowest BCUT2D eigenvalue weighted by Gasteiger charge is -2.10. The summed E-state index contributed by atoms with van der Waals surface area (Å²) in [6.07, 6.45) is 6.74. The molecular formula is C13H15NO2S2. The van der Waals surface area contributed by atoms with Gasteiger partial charge in [0.05, 0.1) is 12.3 Å². The van der Waals surface area contributed by atoms with Crippen LogP contribution in [0.1, 0.15) is 46.5 Å². The molecule has 5 heteroatoms. The predicted octanol–water partition coefficient (Wildman–Crippen LogP) is 3.93. The molecule has 0 N–H and O–H groups in total.